The highest BCUT2D eigenvalue weighted by atomic mass is 16.4. The summed E-state index contributed by atoms with van der Waals surface area (Å²) in [5.74, 6) is -0.836. The molecule has 5 heteroatoms. The number of amides is 2. The Morgan fingerprint density at radius 2 is 2.09 bits per heavy atom. The van der Waals surface area contributed by atoms with Crippen molar-refractivity contribution in [1.82, 2.24) is 5.32 Å². The van der Waals surface area contributed by atoms with E-state index in [2.05, 4.69) is 31.1 Å². The van der Waals surface area contributed by atoms with Crippen LogP contribution in [0.15, 0.2) is 30.9 Å². The third kappa shape index (κ3) is 4.12. The van der Waals surface area contributed by atoms with Gasteiger partial charge >= 0.3 is 12.0 Å². The molecule has 3 N–H and O–H groups in total. The summed E-state index contributed by atoms with van der Waals surface area (Å²) in [5.41, 5.74) is 2.93. The predicted molar refractivity (Wildman–Crippen MR) is 90.7 cm³/mol. The van der Waals surface area contributed by atoms with E-state index in [0.717, 1.165) is 16.8 Å². The Labute approximate surface area is 136 Å². The lowest BCUT2D eigenvalue weighted by atomic mass is 9.80. The van der Waals surface area contributed by atoms with E-state index in [4.69, 9.17) is 5.11 Å². The van der Waals surface area contributed by atoms with Crippen molar-refractivity contribution < 1.29 is 14.7 Å². The molecule has 0 atom stereocenters. The van der Waals surface area contributed by atoms with Gasteiger partial charge in [0.2, 0.25) is 0 Å². The van der Waals surface area contributed by atoms with Gasteiger partial charge in [-0.25, -0.2) is 4.79 Å². The zero-order valence-electron chi connectivity index (χ0n) is 13.6. The van der Waals surface area contributed by atoms with E-state index < -0.39 is 5.97 Å². The molecule has 1 fully saturated rings. The van der Waals surface area contributed by atoms with Gasteiger partial charge in [0.1, 0.15) is 0 Å². The lowest BCUT2D eigenvalue weighted by molar-refractivity contribution is -0.145. The van der Waals surface area contributed by atoms with Crippen LogP contribution in [0.25, 0.3) is 0 Å². The molecule has 1 aliphatic carbocycles. The minimum Gasteiger partial charge on any atom is -0.481 e. The van der Waals surface area contributed by atoms with Gasteiger partial charge in [-0.05, 0) is 36.3 Å². The molecule has 1 aliphatic rings. The van der Waals surface area contributed by atoms with Crippen molar-refractivity contribution >= 4 is 17.7 Å². The van der Waals surface area contributed by atoms with E-state index in [-0.39, 0.29) is 23.9 Å². The highest BCUT2D eigenvalue weighted by Gasteiger charge is 2.35. The molecule has 0 radical (unpaired) electrons. The van der Waals surface area contributed by atoms with Crippen molar-refractivity contribution in [2.45, 2.75) is 45.1 Å². The highest BCUT2D eigenvalue weighted by Crippen LogP contribution is 2.30. The van der Waals surface area contributed by atoms with E-state index >= 15 is 0 Å². The van der Waals surface area contributed by atoms with Gasteiger partial charge in [0, 0.05) is 11.7 Å². The number of hydrogen-bond donors (Lipinski definition) is 3. The fraction of sp³-hybridized carbons (Fsp3) is 0.444. The normalized spacial score (nSPS) is 19.8. The lowest BCUT2D eigenvalue weighted by Crippen LogP contribution is -2.48. The number of anilines is 1. The summed E-state index contributed by atoms with van der Waals surface area (Å²) >= 11 is 0. The molecular weight excluding hydrogens is 292 g/mol. The molecule has 0 spiro atoms. The maximum atomic E-state index is 12.2. The van der Waals surface area contributed by atoms with Gasteiger partial charge in [0.25, 0.3) is 0 Å². The summed E-state index contributed by atoms with van der Waals surface area (Å²) in [4.78, 5) is 23.0. The van der Waals surface area contributed by atoms with Crippen molar-refractivity contribution in [2.24, 2.45) is 5.92 Å². The van der Waals surface area contributed by atoms with Gasteiger partial charge in [-0.15, -0.1) is 6.58 Å². The standard InChI is InChI=1S/C18H24N2O3/c1-4-6-12-7-5-8-15(11(2)3)16(12)20-18(23)19-14-9-13(10-14)17(21)22/h4-5,7-8,11,13-14H,1,6,9-10H2,2-3H3,(H,21,22)(H2,19,20,23). The van der Waals surface area contributed by atoms with E-state index in [1.165, 1.54) is 0 Å². The summed E-state index contributed by atoms with van der Waals surface area (Å²) < 4.78 is 0. The van der Waals surface area contributed by atoms with Crippen molar-refractivity contribution in [3.63, 3.8) is 0 Å². The average Bonchev–Trinajstić information content (AvgIpc) is 2.43. The van der Waals surface area contributed by atoms with Crippen molar-refractivity contribution in [3.8, 4) is 0 Å². The molecule has 0 bridgehead atoms. The van der Waals surface area contributed by atoms with E-state index in [1.54, 1.807) is 0 Å². The number of para-hydroxylation sites is 1. The van der Waals surface area contributed by atoms with Crippen LogP contribution >= 0.6 is 0 Å². The zero-order chi connectivity index (χ0) is 17.0. The molecule has 0 aliphatic heterocycles. The number of benzene rings is 1. The maximum absolute atomic E-state index is 12.2. The number of nitrogens with one attached hydrogen (secondary N) is 2. The van der Waals surface area contributed by atoms with Crippen LogP contribution in [0.3, 0.4) is 0 Å². The molecule has 124 valence electrons. The van der Waals surface area contributed by atoms with Crippen molar-refractivity contribution in [1.29, 1.82) is 0 Å². The molecule has 1 aromatic rings. The summed E-state index contributed by atoms with van der Waals surface area (Å²) in [5, 5.41) is 14.7. The van der Waals surface area contributed by atoms with Gasteiger partial charge in [-0.1, -0.05) is 38.1 Å². The first kappa shape index (κ1) is 17.1. The van der Waals surface area contributed by atoms with Crippen molar-refractivity contribution in [2.75, 3.05) is 5.32 Å². The molecule has 2 rings (SSSR count). The molecule has 23 heavy (non-hydrogen) atoms. The van der Waals surface area contributed by atoms with Gasteiger partial charge in [-0.3, -0.25) is 4.79 Å². The molecule has 0 aromatic heterocycles. The van der Waals surface area contributed by atoms with Crippen LogP contribution in [0.2, 0.25) is 0 Å². The summed E-state index contributed by atoms with van der Waals surface area (Å²) in [7, 11) is 0. The topological polar surface area (TPSA) is 78.4 Å². The average molecular weight is 316 g/mol. The van der Waals surface area contributed by atoms with Crippen LogP contribution in [-0.4, -0.2) is 23.1 Å². The van der Waals surface area contributed by atoms with Crippen LogP contribution < -0.4 is 10.6 Å². The smallest absolute Gasteiger partial charge is 0.319 e. The summed E-state index contributed by atoms with van der Waals surface area (Å²) in [6, 6.07) is 5.63. The number of urea groups is 1. The number of carboxylic acid groups (broad SMARTS) is 1. The Hall–Kier alpha value is -2.30. The molecule has 1 aromatic carbocycles. The minimum atomic E-state index is -0.790. The third-order valence-electron chi connectivity index (χ3n) is 4.23. The first-order valence-electron chi connectivity index (χ1n) is 7.95. The molecule has 5 nitrogen and oxygen atoms in total. The quantitative estimate of drug-likeness (QED) is 0.703. The maximum Gasteiger partial charge on any atom is 0.319 e. The second kappa shape index (κ2) is 7.31. The number of hydrogen-bond acceptors (Lipinski definition) is 2. The van der Waals surface area contributed by atoms with Crippen LogP contribution in [0, 0.1) is 5.92 Å². The Balaban J connectivity index is 2.05. The first-order valence-corrected chi connectivity index (χ1v) is 7.95. The Morgan fingerprint density at radius 1 is 1.39 bits per heavy atom. The molecule has 2 amide bonds. The van der Waals surface area contributed by atoms with Crippen LogP contribution in [-0.2, 0) is 11.2 Å². The van der Waals surface area contributed by atoms with Gasteiger partial charge < -0.3 is 15.7 Å². The Kier molecular flexibility index (Phi) is 5.42. The fourth-order valence-corrected chi connectivity index (χ4v) is 2.85. The van der Waals surface area contributed by atoms with E-state index in [0.29, 0.717) is 19.3 Å². The van der Waals surface area contributed by atoms with Gasteiger partial charge in [0.15, 0.2) is 0 Å². The monoisotopic (exact) mass is 316 g/mol. The number of carbonyl (C=O) groups excluding carboxylic acids is 1. The summed E-state index contributed by atoms with van der Waals surface area (Å²) in [6.07, 6.45) is 3.48. The SMILES string of the molecule is C=CCc1cccc(C(C)C)c1NC(=O)NC1CC(C(=O)O)C1. The van der Waals surface area contributed by atoms with Crippen LogP contribution in [0.1, 0.15) is 43.7 Å². The largest absolute Gasteiger partial charge is 0.481 e. The Bertz CT molecular complexity index is 604. The van der Waals surface area contributed by atoms with Gasteiger partial charge in [-0.2, -0.15) is 0 Å². The molecular formula is C18H24N2O3. The third-order valence-corrected chi connectivity index (χ3v) is 4.23. The molecule has 1 saturated carbocycles. The Morgan fingerprint density at radius 3 is 2.65 bits per heavy atom. The van der Waals surface area contributed by atoms with Gasteiger partial charge in [0.05, 0.1) is 5.92 Å². The second-order valence-electron chi connectivity index (χ2n) is 6.33. The predicted octanol–water partition coefficient (Wildman–Crippen LogP) is 3.52. The van der Waals surface area contributed by atoms with E-state index in [9.17, 15) is 9.59 Å². The number of carboxylic acids is 1. The van der Waals surface area contributed by atoms with Crippen molar-refractivity contribution in [3.05, 3.63) is 42.0 Å². The van der Waals surface area contributed by atoms with Crippen LogP contribution in [0.5, 0.6) is 0 Å². The minimum absolute atomic E-state index is 0.0647. The number of carbonyl (C=O) groups is 2. The highest BCUT2D eigenvalue weighted by molar-refractivity contribution is 5.91. The van der Waals surface area contributed by atoms with E-state index in [1.807, 2.05) is 24.3 Å². The molecule has 0 unspecified atom stereocenters. The zero-order valence-corrected chi connectivity index (χ0v) is 13.6. The molecule has 0 heterocycles. The first-order chi connectivity index (χ1) is 10.9. The molecule has 0 saturated heterocycles. The summed E-state index contributed by atoms with van der Waals surface area (Å²) in [6.45, 7) is 7.93. The number of rotatable bonds is 6. The lowest BCUT2D eigenvalue weighted by Gasteiger charge is -2.33. The van der Waals surface area contributed by atoms with Crippen LogP contribution in [0.4, 0.5) is 10.5 Å². The fourth-order valence-electron chi connectivity index (χ4n) is 2.85. The number of allylic oxidation sites excluding steroid dienone is 1. The second-order valence-corrected chi connectivity index (χ2v) is 6.33. The number of aliphatic carboxylic acids is 1.